The molecule has 1 heterocycles. The summed E-state index contributed by atoms with van der Waals surface area (Å²) in [5, 5.41) is 6.20. The second-order valence-corrected chi connectivity index (χ2v) is 7.67. The van der Waals surface area contributed by atoms with Crippen LogP contribution in [-0.4, -0.2) is 16.9 Å². The highest BCUT2D eigenvalue weighted by molar-refractivity contribution is 7.80. The summed E-state index contributed by atoms with van der Waals surface area (Å²) in [6.45, 7) is 7.91. The van der Waals surface area contributed by atoms with Gasteiger partial charge in [-0.3, -0.25) is 14.9 Å². The average Bonchev–Trinajstić information content (AvgIpc) is 2.81. The summed E-state index contributed by atoms with van der Waals surface area (Å²) in [6, 6.07) is 7.38. The SMILES string of the molecule is Cc1sc(NC(=S)NC(=O)c2ccc(C(C)C)cc2)c(C(N)=O)c1C. The summed E-state index contributed by atoms with van der Waals surface area (Å²) >= 11 is 6.56. The number of hydrogen-bond donors (Lipinski definition) is 3. The number of hydrogen-bond acceptors (Lipinski definition) is 4. The number of carbonyl (C=O) groups excluding carboxylic acids is 2. The van der Waals surface area contributed by atoms with Crippen LogP contribution in [0.1, 0.15) is 56.5 Å². The lowest BCUT2D eigenvalue weighted by molar-refractivity contribution is 0.0975. The van der Waals surface area contributed by atoms with E-state index in [1.54, 1.807) is 12.1 Å². The van der Waals surface area contributed by atoms with E-state index in [1.165, 1.54) is 11.3 Å². The first-order chi connectivity index (χ1) is 11.7. The zero-order valence-corrected chi connectivity index (χ0v) is 16.2. The zero-order chi connectivity index (χ0) is 18.7. The lowest BCUT2D eigenvalue weighted by Crippen LogP contribution is -2.34. The standard InChI is InChI=1S/C18H21N3O2S2/c1-9(2)12-5-7-13(8-6-12)16(23)20-18(24)21-17-14(15(19)22)10(3)11(4)25-17/h5-9H,1-4H3,(H2,19,22)(H2,20,21,23,24). The van der Waals surface area contributed by atoms with Gasteiger partial charge in [0.1, 0.15) is 5.00 Å². The lowest BCUT2D eigenvalue weighted by Gasteiger charge is -2.10. The summed E-state index contributed by atoms with van der Waals surface area (Å²) < 4.78 is 0. The van der Waals surface area contributed by atoms with Crippen molar-refractivity contribution in [2.75, 3.05) is 5.32 Å². The number of carbonyl (C=O) groups is 2. The van der Waals surface area contributed by atoms with E-state index in [9.17, 15) is 9.59 Å². The van der Waals surface area contributed by atoms with E-state index in [0.29, 0.717) is 22.0 Å². The molecule has 0 atom stereocenters. The fourth-order valence-electron chi connectivity index (χ4n) is 2.34. The average molecular weight is 376 g/mol. The molecule has 132 valence electrons. The van der Waals surface area contributed by atoms with Gasteiger partial charge in [0, 0.05) is 10.4 Å². The molecule has 0 spiro atoms. The number of thiophene rings is 1. The Morgan fingerprint density at radius 2 is 1.76 bits per heavy atom. The molecule has 0 aliphatic rings. The predicted molar refractivity (Wildman–Crippen MR) is 107 cm³/mol. The third-order valence-corrected chi connectivity index (χ3v) is 5.25. The van der Waals surface area contributed by atoms with E-state index < -0.39 is 5.91 Å². The number of benzene rings is 1. The number of thiocarbonyl (C=S) groups is 1. The van der Waals surface area contributed by atoms with Crippen LogP contribution < -0.4 is 16.4 Å². The minimum atomic E-state index is -0.525. The van der Waals surface area contributed by atoms with Crippen LogP contribution in [0.3, 0.4) is 0 Å². The number of rotatable bonds is 4. The number of amides is 2. The van der Waals surface area contributed by atoms with Crippen molar-refractivity contribution < 1.29 is 9.59 Å². The molecule has 4 N–H and O–H groups in total. The predicted octanol–water partition coefficient (Wildman–Crippen LogP) is 3.71. The molecule has 0 aliphatic carbocycles. The van der Waals surface area contributed by atoms with Crippen LogP contribution in [0.4, 0.5) is 5.00 Å². The van der Waals surface area contributed by atoms with Crippen molar-refractivity contribution in [3.63, 3.8) is 0 Å². The highest BCUT2D eigenvalue weighted by atomic mass is 32.1. The summed E-state index contributed by atoms with van der Waals surface area (Å²) in [6.07, 6.45) is 0. The maximum atomic E-state index is 12.3. The molecular weight excluding hydrogens is 354 g/mol. The van der Waals surface area contributed by atoms with Crippen LogP contribution in [0.25, 0.3) is 0 Å². The van der Waals surface area contributed by atoms with E-state index in [0.717, 1.165) is 16.0 Å². The smallest absolute Gasteiger partial charge is 0.257 e. The summed E-state index contributed by atoms with van der Waals surface area (Å²) in [7, 11) is 0. The van der Waals surface area contributed by atoms with E-state index in [1.807, 2.05) is 26.0 Å². The molecule has 0 fully saturated rings. The fraction of sp³-hybridized carbons (Fsp3) is 0.278. The van der Waals surface area contributed by atoms with Gasteiger partial charge in [0.15, 0.2) is 5.11 Å². The zero-order valence-electron chi connectivity index (χ0n) is 14.6. The molecular formula is C18H21N3O2S2. The van der Waals surface area contributed by atoms with Crippen LogP contribution in [0.5, 0.6) is 0 Å². The van der Waals surface area contributed by atoms with E-state index >= 15 is 0 Å². The molecule has 0 bridgehead atoms. The summed E-state index contributed by atoms with van der Waals surface area (Å²) in [4.78, 5) is 24.9. The van der Waals surface area contributed by atoms with Crippen LogP contribution in [-0.2, 0) is 0 Å². The highest BCUT2D eigenvalue weighted by Gasteiger charge is 2.18. The Bertz CT molecular complexity index is 824. The Labute approximate surface area is 156 Å². The monoisotopic (exact) mass is 375 g/mol. The second kappa shape index (κ2) is 7.76. The van der Waals surface area contributed by atoms with Crippen molar-refractivity contribution >= 4 is 45.5 Å². The first-order valence-electron chi connectivity index (χ1n) is 7.82. The van der Waals surface area contributed by atoms with Gasteiger partial charge in [0.25, 0.3) is 11.8 Å². The molecule has 2 amide bonds. The Hall–Kier alpha value is -2.25. The number of anilines is 1. The van der Waals surface area contributed by atoms with Gasteiger partial charge in [-0.1, -0.05) is 26.0 Å². The fourth-order valence-corrected chi connectivity index (χ4v) is 3.67. The number of nitrogens with one attached hydrogen (secondary N) is 2. The van der Waals surface area contributed by atoms with Crippen LogP contribution >= 0.6 is 23.6 Å². The molecule has 2 aromatic rings. The Balaban J connectivity index is 2.09. The van der Waals surface area contributed by atoms with Gasteiger partial charge in [0.05, 0.1) is 5.56 Å². The van der Waals surface area contributed by atoms with Crippen molar-refractivity contribution in [1.29, 1.82) is 0 Å². The summed E-state index contributed by atoms with van der Waals surface area (Å²) in [5.74, 6) is -0.432. The molecule has 0 aliphatic heterocycles. The second-order valence-electron chi connectivity index (χ2n) is 6.04. The van der Waals surface area contributed by atoms with Gasteiger partial charge in [0.2, 0.25) is 0 Å². The minimum Gasteiger partial charge on any atom is -0.365 e. The van der Waals surface area contributed by atoms with Crippen molar-refractivity contribution in [3.8, 4) is 0 Å². The maximum Gasteiger partial charge on any atom is 0.257 e. The first-order valence-corrected chi connectivity index (χ1v) is 9.05. The van der Waals surface area contributed by atoms with E-state index in [2.05, 4.69) is 24.5 Å². The third-order valence-electron chi connectivity index (χ3n) is 3.93. The van der Waals surface area contributed by atoms with Crippen LogP contribution in [0, 0.1) is 13.8 Å². The van der Waals surface area contributed by atoms with Gasteiger partial charge in [-0.05, 0) is 55.2 Å². The number of primary amides is 1. The topological polar surface area (TPSA) is 84.2 Å². The molecule has 5 nitrogen and oxygen atoms in total. The molecule has 1 aromatic carbocycles. The molecule has 0 saturated heterocycles. The number of aryl methyl sites for hydroxylation is 1. The quantitative estimate of drug-likeness (QED) is 0.711. The Morgan fingerprint density at radius 1 is 1.16 bits per heavy atom. The molecule has 7 heteroatoms. The maximum absolute atomic E-state index is 12.3. The Kier molecular flexibility index (Phi) is 5.92. The van der Waals surface area contributed by atoms with Gasteiger partial charge in [-0.15, -0.1) is 11.3 Å². The first kappa shape index (κ1) is 19.1. The molecule has 2 rings (SSSR count). The van der Waals surface area contributed by atoms with Gasteiger partial charge in [-0.2, -0.15) is 0 Å². The van der Waals surface area contributed by atoms with Gasteiger partial charge >= 0.3 is 0 Å². The van der Waals surface area contributed by atoms with Crippen molar-refractivity contribution in [2.24, 2.45) is 5.73 Å². The largest absolute Gasteiger partial charge is 0.365 e. The van der Waals surface area contributed by atoms with E-state index in [4.69, 9.17) is 18.0 Å². The molecule has 0 radical (unpaired) electrons. The van der Waals surface area contributed by atoms with E-state index in [-0.39, 0.29) is 11.0 Å². The number of nitrogens with two attached hydrogens (primary N) is 1. The normalized spacial score (nSPS) is 10.6. The third kappa shape index (κ3) is 4.43. The van der Waals surface area contributed by atoms with Crippen LogP contribution in [0.2, 0.25) is 0 Å². The van der Waals surface area contributed by atoms with Crippen LogP contribution in [0.15, 0.2) is 24.3 Å². The molecule has 0 saturated carbocycles. The van der Waals surface area contributed by atoms with Crippen molar-refractivity contribution in [2.45, 2.75) is 33.6 Å². The van der Waals surface area contributed by atoms with Crippen molar-refractivity contribution in [3.05, 3.63) is 51.4 Å². The Morgan fingerprint density at radius 3 is 2.28 bits per heavy atom. The van der Waals surface area contributed by atoms with Gasteiger partial charge in [-0.25, -0.2) is 0 Å². The molecule has 1 aromatic heterocycles. The minimum absolute atomic E-state index is 0.127. The highest BCUT2D eigenvalue weighted by Crippen LogP contribution is 2.31. The summed E-state index contributed by atoms with van der Waals surface area (Å²) in [5.41, 5.74) is 8.33. The van der Waals surface area contributed by atoms with Crippen molar-refractivity contribution in [1.82, 2.24) is 5.32 Å². The molecule has 25 heavy (non-hydrogen) atoms. The molecule has 0 unspecified atom stereocenters. The van der Waals surface area contributed by atoms with Gasteiger partial charge < -0.3 is 11.1 Å². The lowest BCUT2D eigenvalue weighted by atomic mass is 10.0.